The zero-order valence-corrected chi connectivity index (χ0v) is 11.7. The second-order valence-corrected chi connectivity index (χ2v) is 4.79. The van der Waals surface area contributed by atoms with Gasteiger partial charge in [0.05, 0.1) is 6.61 Å². The van der Waals surface area contributed by atoms with Crippen LogP contribution in [0.15, 0.2) is 24.3 Å². The molecule has 1 aromatic carbocycles. The van der Waals surface area contributed by atoms with Crippen LogP contribution in [0.3, 0.4) is 0 Å². The van der Waals surface area contributed by atoms with Gasteiger partial charge < -0.3 is 10.4 Å². The Balaban J connectivity index is 2.14. The third-order valence-electron chi connectivity index (χ3n) is 3.12. The summed E-state index contributed by atoms with van der Waals surface area (Å²) in [4.78, 5) is 12.1. The van der Waals surface area contributed by atoms with Crippen LogP contribution in [0.1, 0.15) is 40.7 Å². The standard InChI is InChI=1S/C15H19N3O2/c1-3-4-12-8-14(18-17-12)15(20)16-13-7-11(9-19)6-5-10(13)2/h5-8,19H,3-4,9H2,1-2H3,(H,16,20)(H,17,18). The number of anilines is 1. The van der Waals surface area contributed by atoms with Gasteiger partial charge in [-0.2, -0.15) is 5.10 Å². The Kier molecular flexibility index (Phi) is 4.53. The highest BCUT2D eigenvalue weighted by Crippen LogP contribution is 2.18. The lowest BCUT2D eigenvalue weighted by atomic mass is 10.1. The highest BCUT2D eigenvalue weighted by Gasteiger charge is 2.12. The molecule has 0 aliphatic carbocycles. The van der Waals surface area contributed by atoms with Gasteiger partial charge in [-0.15, -0.1) is 0 Å². The number of carbonyl (C=O) groups is 1. The molecule has 0 atom stereocenters. The Hall–Kier alpha value is -2.14. The molecule has 2 rings (SSSR count). The van der Waals surface area contributed by atoms with Gasteiger partial charge in [-0.25, -0.2) is 0 Å². The molecule has 0 bridgehead atoms. The second-order valence-electron chi connectivity index (χ2n) is 4.79. The predicted octanol–water partition coefficient (Wildman–Crippen LogP) is 2.42. The first kappa shape index (κ1) is 14.3. The molecular formula is C15H19N3O2. The van der Waals surface area contributed by atoms with E-state index in [0.29, 0.717) is 11.4 Å². The van der Waals surface area contributed by atoms with Crippen LogP contribution in [0, 0.1) is 6.92 Å². The molecule has 1 amide bonds. The SMILES string of the molecule is CCCc1cc(C(=O)Nc2cc(CO)ccc2C)n[nH]1. The average Bonchev–Trinajstić information content (AvgIpc) is 2.90. The molecule has 1 heterocycles. The van der Waals surface area contributed by atoms with Gasteiger partial charge in [0.2, 0.25) is 0 Å². The molecule has 0 spiro atoms. The summed E-state index contributed by atoms with van der Waals surface area (Å²) < 4.78 is 0. The molecule has 5 heteroatoms. The van der Waals surface area contributed by atoms with E-state index in [1.54, 1.807) is 12.1 Å². The Bertz CT molecular complexity index is 605. The third kappa shape index (κ3) is 3.24. The van der Waals surface area contributed by atoms with Crippen LogP contribution in [-0.4, -0.2) is 21.2 Å². The second kappa shape index (κ2) is 6.34. The molecule has 5 nitrogen and oxygen atoms in total. The van der Waals surface area contributed by atoms with Crippen molar-refractivity contribution < 1.29 is 9.90 Å². The fourth-order valence-corrected chi connectivity index (χ4v) is 1.96. The Morgan fingerprint density at radius 1 is 1.40 bits per heavy atom. The number of benzene rings is 1. The first-order valence-corrected chi connectivity index (χ1v) is 6.70. The highest BCUT2D eigenvalue weighted by atomic mass is 16.3. The average molecular weight is 273 g/mol. The van der Waals surface area contributed by atoms with Crippen molar-refractivity contribution in [2.45, 2.75) is 33.3 Å². The normalized spacial score (nSPS) is 10.6. The molecule has 1 aromatic heterocycles. The van der Waals surface area contributed by atoms with E-state index in [1.807, 2.05) is 19.1 Å². The summed E-state index contributed by atoms with van der Waals surface area (Å²) >= 11 is 0. The van der Waals surface area contributed by atoms with Gasteiger partial charge in [0.25, 0.3) is 5.91 Å². The van der Waals surface area contributed by atoms with E-state index in [2.05, 4.69) is 22.4 Å². The summed E-state index contributed by atoms with van der Waals surface area (Å²) in [5.74, 6) is -0.248. The summed E-state index contributed by atoms with van der Waals surface area (Å²) in [6.45, 7) is 3.93. The van der Waals surface area contributed by atoms with Gasteiger partial charge in [0.15, 0.2) is 5.69 Å². The number of amides is 1. The number of carbonyl (C=O) groups excluding carboxylic acids is 1. The maximum atomic E-state index is 12.1. The molecule has 0 aliphatic rings. The van der Waals surface area contributed by atoms with Gasteiger partial charge in [-0.05, 0) is 36.6 Å². The number of aromatic amines is 1. The van der Waals surface area contributed by atoms with Crippen LogP contribution < -0.4 is 5.32 Å². The number of aryl methyl sites for hydroxylation is 2. The van der Waals surface area contributed by atoms with Gasteiger partial charge in [-0.1, -0.05) is 25.5 Å². The molecule has 0 radical (unpaired) electrons. The van der Waals surface area contributed by atoms with E-state index >= 15 is 0 Å². The van der Waals surface area contributed by atoms with E-state index in [9.17, 15) is 4.79 Å². The number of nitrogens with one attached hydrogen (secondary N) is 2. The quantitative estimate of drug-likeness (QED) is 0.782. The largest absolute Gasteiger partial charge is 0.392 e. The van der Waals surface area contributed by atoms with Crippen molar-refractivity contribution in [1.82, 2.24) is 10.2 Å². The topological polar surface area (TPSA) is 78.0 Å². The van der Waals surface area contributed by atoms with Crippen molar-refractivity contribution in [1.29, 1.82) is 0 Å². The monoisotopic (exact) mass is 273 g/mol. The minimum absolute atomic E-state index is 0.0494. The number of hydrogen-bond donors (Lipinski definition) is 3. The van der Waals surface area contributed by atoms with E-state index in [1.165, 1.54) is 0 Å². The fourth-order valence-electron chi connectivity index (χ4n) is 1.96. The van der Waals surface area contributed by atoms with E-state index in [-0.39, 0.29) is 12.5 Å². The summed E-state index contributed by atoms with van der Waals surface area (Å²) in [5.41, 5.74) is 3.74. The van der Waals surface area contributed by atoms with Crippen LogP contribution in [0.2, 0.25) is 0 Å². The molecular weight excluding hydrogens is 254 g/mol. The molecule has 0 fully saturated rings. The molecule has 0 unspecified atom stereocenters. The first-order chi connectivity index (χ1) is 9.63. The predicted molar refractivity (Wildman–Crippen MR) is 77.6 cm³/mol. The first-order valence-electron chi connectivity index (χ1n) is 6.70. The molecule has 2 aromatic rings. The fraction of sp³-hybridized carbons (Fsp3) is 0.333. The van der Waals surface area contributed by atoms with Gasteiger partial charge >= 0.3 is 0 Å². The zero-order valence-electron chi connectivity index (χ0n) is 11.7. The van der Waals surface area contributed by atoms with Crippen LogP contribution in [0.4, 0.5) is 5.69 Å². The lowest BCUT2D eigenvalue weighted by Crippen LogP contribution is -2.13. The lowest BCUT2D eigenvalue weighted by Gasteiger charge is -2.08. The smallest absolute Gasteiger partial charge is 0.276 e. The number of aliphatic hydroxyl groups is 1. The van der Waals surface area contributed by atoms with Crippen LogP contribution >= 0.6 is 0 Å². The van der Waals surface area contributed by atoms with Crippen molar-refractivity contribution in [2.75, 3.05) is 5.32 Å². The molecule has 106 valence electrons. The molecule has 0 saturated carbocycles. The Morgan fingerprint density at radius 3 is 2.90 bits per heavy atom. The van der Waals surface area contributed by atoms with Gasteiger partial charge in [0.1, 0.15) is 0 Å². The number of hydrogen-bond acceptors (Lipinski definition) is 3. The molecule has 3 N–H and O–H groups in total. The highest BCUT2D eigenvalue weighted by molar-refractivity contribution is 6.03. The maximum Gasteiger partial charge on any atom is 0.276 e. The number of nitrogens with zero attached hydrogens (tertiary/aromatic N) is 1. The minimum atomic E-state index is -0.248. The Labute approximate surface area is 118 Å². The van der Waals surface area contributed by atoms with E-state index in [4.69, 9.17) is 5.11 Å². The number of rotatable bonds is 5. The van der Waals surface area contributed by atoms with Crippen molar-refractivity contribution >= 4 is 11.6 Å². The van der Waals surface area contributed by atoms with Gasteiger partial charge in [-0.3, -0.25) is 9.89 Å². The van der Waals surface area contributed by atoms with Crippen molar-refractivity contribution in [3.05, 3.63) is 46.8 Å². The maximum absolute atomic E-state index is 12.1. The van der Waals surface area contributed by atoms with Crippen molar-refractivity contribution in [2.24, 2.45) is 0 Å². The van der Waals surface area contributed by atoms with Crippen LogP contribution in [0.5, 0.6) is 0 Å². The van der Waals surface area contributed by atoms with E-state index in [0.717, 1.165) is 29.7 Å². The number of aromatic nitrogens is 2. The van der Waals surface area contributed by atoms with Crippen molar-refractivity contribution in [3.8, 4) is 0 Å². The van der Waals surface area contributed by atoms with Crippen molar-refractivity contribution in [3.63, 3.8) is 0 Å². The lowest BCUT2D eigenvalue weighted by molar-refractivity contribution is 0.102. The summed E-state index contributed by atoms with van der Waals surface area (Å²) in [7, 11) is 0. The van der Waals surface area contributed by atoms with Crippen LogP contribution in [0.25, 0.3) is 0 Å². The minimum Gasteiger partial charge on any atom is -0.392 e. The zero-order chi connectivity index (χ0) is 14.5. The molecule has 0 saturated heterocycles. The van der Waals surface area contributed by atoms with Gasteiger partial charge in [0, 0.05) is 11.4 Å². The summed E-state index contributed by atoms with van der Waals surface area (Å²) in [5, 5.41) is 18.8. The number of H-pyrrole nitrogens is 1. The van der Waals surface area contributed by atoms with E-state index < -0.39 is 0 Å². The molecule has 0 aliphatic heterocycles. The molecule has 20 heavy (non-hydrogen) atoms. The van der Waals surface area contributed by atoms with Crippen LogP contribution in [-0.2, 0) is 13.0 Å². The number of aliphatic hydroxyl groups excluding tert-OH is 1. The summed E-state index contributed by atoms with van der Waals surface area (Å²) in [6.07, 6.45) is 1.88. The third-order valence-corrected chi connectivity index (χ3v) is 3.12. The summed E-state index contributed by atoms with van der Waals surface area (Å²) in [6, 6.07) is 7.24. The Morgan fingerprint density at radius 2 is 2.20 bits per heavy atom.